The fraction of sp³-hybridized carbons (Fsp3) is 0.0769. The standard InChI is InChI=1S/C52H35NS/c1-51(2)39-20-8-3-15-33(39)36-30-29-32(31-44(36)51)53(46-26-14-28-48-50(46)38-19-7-12-27-47(38)54-48)45-25-13-24-43-49(45)37-18-6-11-23-42(37)52(43)40-21-9-4-16-34(40)35-17-5-10-22-41(35)52/h3-31H,1-2H3. The van der Waals surface area contributed by atoms with Crippen LogP contribution < -0.4 is 4.90 Å². The van der Waals surface area contributed by atoms with E-state index in [9.17, 15) is 0 Å². The van der Waals surface area contributed by atoms with Crippen molar-refractivity contribution in [3.63, 3.8) is 0 Å². The zero-order valence-corrected chi connectivity index (χ0v) is 30.9. The Morgan fingerprint density at radius 2 is 0.926 bits per heavy atom. The van der Waals surface area contributed by atoms with Crippen LogP contribution in [0.3, 0.4) is 0 Å². The van der Waals surface area contributed by atoms with Gasteiger partial charge < -0.3 is 4.90 Å². The molecule has 0 radical (unpaired) electrons. The topological polar surface area (TPSA) is 3.24 Å². The van der Waals surface area contributed by atoms with Crippen molar-refractivity contribution < 1.29 is 0 Å². The van der Waals surface area contributed by atoms with Crippen LogP contribution in [0.15, 0.2) is 176 Å². The Kier molecular flexibility index (Phi) is 5.99. The van der Waals surface area contributed by atoms with Crippen LogP contribution in [0.1, 0.15) is 47.2 Å². The fourth-order valence-electron chi connectivity index (χ4n) is 10.5. The SMILES string of the molecule is CC1(C)c2ccccc2-c2ccc(N(c3cccc4c3-c3ccccc3C43c4ccccc4-c4ccccc43)c3cccc4sc5ccccc5c34)cc21. The van der Waals surface area contributed by atoms with Gasteiger partial charge in [-0.25, -0.2) is 0 Å². The Morgan fingerprint density at radius 1 is 0.407 bits per heavy atom. The van der Waals surface area contributed by atoms with E-state index < -0.39 is 5.41 Å². The number of hydrogen-bond acceptors (Lipinski definition) is 2. The van der Waals surface area contributed by atoms with Crippen molar-refractivity contribution in [2.24, 2.45) is 0 Å². The van der Waals surface area contributed by atoms with E-state index in [2.05, 4.69) is 195 Å². The fourth-order valence-corrected chi connectivity index (χ4v) is 11.6. The van der Waals surface area contributed by atoms with Crippen molar-refractivity contribution in [2.75, 3.05) is 4.90 Å². The maximum Gasteiger partial charge on any atom is 0.0726 e. The van der Waals surface area contributed by atoms with Gasteiger partial charge in [0.15, 0.2) is 0 Å². The molecule has 54 heavy (non-hydrogen) atoms. The highest BCUT2D eigenvalue weighted by Crippen LogP contribution is 2.65. The summed E-state index contributed by atoms with van der Waals surface area (Å²) in [6.07, 6.45) is 0. The number of rotatable bonds is 3. The highest BCUT2D eigenvalue weighted by molar-refractivity contribution is 7.26. The molecule has 0 fully saturated rings. The van der Waals surface area contributed by atoms with Gasteiger partial charge in [-0.2, -0.15) is 0 Å². The highest BCUT2D eigenvalue weighted by Gasteiger charge is 2.52. The number of nitrogens with zero attached hydrogens (tertiary/aromatic N) is 1. The molecule has 1 nitrogen and oxygen atoms in total. The van der Waals surface area contributed by atoms with Gasteiger partial charge in [-0.15, -0.1) is 11.3 Å². The van der Waals surface area contributed by atoms with Crippen LogP contribution in [0.25, 0.3) is 53.6 Å². The predicted octanol–water partition coefficient (Wildman–Crippen LogP) is 14.2. The zero-order chi connectivity index (χ0) is 35.8. The largest absolute Gasteiger partial charge is 0.309 e. The molecule has 0 N–H and O–H groups in total. The van der Waals surface area contributed by atoms with Gasteiger partial charge in [-0.3, -0.25) is 0 Å². The maximum atomic E-state index is 2.59. The zero-order valence-electron chi connectivity index (χ0n) is 30.1. The van der Waals surface area contributed by atoms with Gasteiger partial charge in [-0.05, 0) is 97.6 Å². The Labute approximate surface area is 319 Å². The molecular formula is C52H35NS. The average molecular weight is 706 g/mol. The summed E-state index contributed by atoms with van der Waals surface area (Å²) in [6, 6.07) is 66.4. The smallest absolute Gasteiger partial charge is 0.0726 e. The molecule has 1 aromatic heterocycles. The van der Waals surface area contributed by atoms with Crippen LogP contribution >= 0.6 is 11.3 Å². The van der Waals surface area contributed by atoms with Gasteiger partial charge in [0.25, 0.3) is 0 Å². The summed E-state index contributed by atoms with van der Waals surface area (Å²) in [4.78, 5) is 2.59. The lowest BCUT2D eigenvalue weighted by molar-refractivity contribution is 0.660. The summed E-state index contributed by atoms with van der Waals surface area (Å²) >= 11 is 1.88. The van der Waals surface area contributed by atoms with Crippen LogP contribution in [-0.4, -0.2) is 0 Å². The molecule has 254 valence electrons. The second-order valence-corrected chi connectivity index (χ2v) is 16.7. The maximum absolute atomic E-state index is 2.59. The minimum absolute atomic E-state index is 0.124. The molecule has 12 rings (SSSR count). The van der Waals surface area contributed by atoms with Crippen LogP contribution in [0.4, 0.5) is 17.1 Å². The van der Waals surface area contributed by atoms with E-state index in [1.165, 1.54) is 104 Å². The molecule has 0 saturated heterocycles. The molecule has 3 aliphatic carbocycles. The van der Waals surface area contributed by atoms with Crippen LogP contribution in [-0.2, 0) is 10.8 Å². The van der Waals surface area contributed by atoms with Crippen molar-refractivity contribution in [2.45, 2.75) is 24.7 Å². The molecule has 0 bridgehead atoms. The van der Waals surface area contributed by atoms with Crippen molar-refractivity contribution in [3.05, 3.63) is 209 Å². The first kappa shape index (κ1) is 30.3. The summed E-state index contributed by atoms with van der Waals surface area (Å²) in [6.45, 7) is 4.77. The molecule has 0 saturated carbocycles. The number of benzene rings is 8. The Balaban J connectivity index is 1.20. The molecule has 3 aliphatic rings. The molecule has 0 amide bonds. The third-order valence-electron chi connectivity index (χ3n) is 12.7. The third-order valence-corrected chi connectivity index (χ3v) is 13.8. The minimum atomic E-state index is -0.413. The monoisotopic (exact) mass is 705 g/mol. The molecule has 0 unspecified atom stereocenters. The van der Waals surface area contributed by atoms with Gasteiger partial charge in [0.2, 0.25) is 0 Å². The second-order valence-electron chi connectivity index (χ2n) is 15.6. The summed E-state index contributed by atoms with van der Waals surface area (Å²) in [5, 5.41) is 2.60. The molecule has 8 aromatic carbocycles. The molecular weight excluding hydrogens is 671 g/mol. The predicted molar refractivity (Wildman–Crippen MR) is 228 cm³/mol. The van der Waals surface area contributed by atoms with Crippen molar-refractivity contribution >= 4 is 48.6 Å². The molecule has 0 aliphatic heterocycles. The molecule has 2 heteroatoms. The molecule has 0 atom stereocenters. The van der Waals surface area contributed by atoms with Gasteiger partial charge in [-0.1, -0.05) is 153 Å². The first-order valence-corrected chi connectivity index (χ1v) is 19.8. The van der Waals surface area contributed by atoms with Crippen molar-refractivity contribution in [1.29, 1.82) is 0 Å². The quantitative estimate of drug-likeness (QED) is 0.177. The van der Waals surface area contributed by atoms with Crippen LogP contribution in [0.5, 0.6) is 0 Å². The number of anilines is 3. The highest BCUT2D eigenvalue weighted by atomic mass is 32.1. The first-order valence-electron chi connectivity index (χ1n) is 18.9. The first-order chi connectivity index (χ1) is 26.6. The lowest BCUT2D eigenvalue weighted by atomic mass is 9.70. The lowest BCUT2D eigenvalue weighted by Gasteiger charge is -2.32. The van der Waals surface area contributed by atoms with E-state index in [-0.39, 0.29) is 5.41 Å². The Morgan fingerprint density at radius 3 is 1.67 bits per heavy atom. The number of thiophene rings is 1. The molecule has 1 heterocycles. The van der Waals surface area contributed by atoms with Gasteiger partial charge in [0.05, 0.1) is 16.8 Å². The molecule has 1 spiro atoms. The summed E-state index contributed by atoms with van der Waals surface area (Å²) < 4.78 is 2.61. The van der Waals surface area contributed by atoms with Crippen LogP contribution in [0.2, 0.25) is 0 Å². The van der Waals surface area contributed by atoms with Crippen LogP contribution in [0, 0.1) is 0 Å². The van der Waals surface area contributed by atoms with Crippen molar-refractivity contribution in [3.8, 4) is 33.4 Å². The normalized spacial score (nSPS) is 14.8. The Bertz CT molecular complexity index is 3010. The summed E-state index contributed by atoms with van der Waals surface area (Å²) in [5.74, 6) is 0. The van der Waals surface area contributed by atoms with E-state index in [0.717, 1.165) is 0 Å². The van der Waals surface area contributed by atoms with E-state index >= 15 is 0 Å². The van der Waals surface area contributed by atoms with E-state index in [1.54, 1.807) is 0 Å². The number of fused-ring (bicyclic) bond motifs is 16. The minimum Gasteiger partial charge on any atom is -0.309 e. The number of hydrogen-bond donors (Lipinski definition) is 0. The van der Waals surface area contributed by atoms with Gasteiger partial charge >= 0.3 is 0 Å². The third kappa shape index (κ3) is 3.69. The van der Waals surface area contributed by atoms with E-state index in [1.807, 2.05) is 11.3 Å². The van der Waals surface area contributed by atoms with Crippen molar-refractivity contribution in [1.82, 2.24) is 0 Å². The Hall–Kier alpha value is -6.22. The lowest BCUT2D eigenvalue weighted by Crippen LogP contribution is -2.26. The second kappa shape index (κ2) is 10.7. The van der Waals surface area contributed by atoms with Gasteiger partial charge in [0.1, 0.15) is 0 Å². The average Bonchev–Trinajstić information content (AvgIpc) is 3.91. The van der Waals surface area contributed by atoms with E-state index in [0.29, 0.717) is 0 Å². The summed E-state index contributed by atoms with van der Waals surface area (Å²) in [5.41, 5.74) is 19.2. The van der Waals surface area contributed by atoms with Gasteiger partial charge in [0, 0.05) is 36.8 Å². The molecule has 9 aromatic rings. The van der Waals surface area contributed by atoms with E-state index in [4.69, 9.17) is 0 Å². The summed E-state index contributed by atoms with van der Waals surface area (Å²) in [7, 11) is 0.